The van der Waals surface area contributed by atoms with Gasteiger partial charge in [-0.15, -0.1) is 0 Å². The summed E-state index contributed by atoms with van der Waals surface area (Å²) in [4.78, 5) is 17.7. The fourth-order valence-corrected chi connectivity index (χ4v) is 4.14. The third-order valence-corrected chi connectivity index (χ3v) is 5.65. The van der Waals surface area contributed by atoms with Gasteiger partial charge in [0.2, 0.25) is 5.91 Å². The van der Waals surface area contributed by atoms with Gasteiger partial charge >= 0.3 is 0 Å². The van der Waals surface area contributed by atoms with Gasteiger partial charge in [0, 0.05) is 13.1 Å². The third-order valence-electron chi connectivity index (χ3n) is 5.65. The van der Waals surface area contributed by atoms with E-state index < -0.39 is 0 Å². The number of amides is 1. The number of halogens is 1. The normalized spacial score (nSPS) is 23.8. The van der Waals surface area contributed by atoms with Gasteiger partial charge in [0.1, 0.15) is 11.6 Å². The maximum Gasteiger partial charge on any atom is 0.241 e. The van der Waals surface area contributed by atoms with E-state index in [9.17, 15) is 9.18 Å². The van der Waals surface area contributed by atoms with Crippen LogP contribution in [0, 0.1) is 5.82 Å². The molecule has 4 rings (SSSR count). The Morgan fingerprint density at radius 1 is 1.11 bits per heavy atom. The van der Waals surface area contributed by atoms with E-state index in [1.807, 2.05) is 29.2 Å². The van der Waals surface area contributed by atoms with Crippen LogP contribution in [0.15, 0.2) is 60.7 Å². The zero-order chi connectivity index (χ0) is 19.5. The van der Waals surface area contributed by atoms with Gasteiger partial charge in [-0.1, -0.05) is 36.4 Å². The number of hydrogen-bond donors (Lipinski definition) is 0. The number of nitrogens with zero attached hydrogens (tertiary/aromatic N) is 2. The molecule has 1 amide bonds. The second-order valence-corrected chi connectivity index (χ2v) is 7.39. The minimum absolute atomic E-state index is 0.0776. The van der Waals surface area contributed by atoms with Gasteiger partial charge in [0.05, 0.1) is 19.2 Å². The molecule has 2 aromatic rings. The molecule has 0 aromatic heterocycles. The first-order valence-electron chi connectivity index (χ1n) is 9.75. The standard InChI is InChI=1S/C23H25FN2O2/c1-28-20-12-8-18(9-13-20)21-4-2-14-25-15-3-5-22(25)23(27)26(21)16-17-6-10-19(24)11-7-17/h2,4,6-13,21-22H,3,5,14-16H2,1H3/b4-2-/t21-,22+/m1/s1. The van der Waals surface area contributed by atoms with Crippen LogP contribution in [-0.4, -0.2) is 41.9 Å². The topological polar surface area (TPSA) is 32.8 Å². The molecule has 0 N–H and O–H groups in total. The fourth-order valence-electron chi connectivity index (χ4n) is 4.14. The van der Waals surface area contributed by atoms with Crippen LogP contribution in [0.1, 0.15) is 30.0 Å². The Morgan fingerprint density at radius 3 is 2.57 bits per heavy atom. The van der Waals surface area contributed by atoms with Crippen LogP contribution in [0.3, 0.4) is 0 Å². The summed E-state index contributed by atoms with van der Waals surface area (Å²) in [5, 5.41) is 0. The summed E-state index contributed by atoms with van der Waals surface area (Å²) in [5.74, 6) is 0.667. The number of carbonyl (C=O) groups excluding carboxylic acids is 1. The molecule has 1 saturated heterocycles. The van der Waals surface area contributed by atoms with Gasteiger partial charge in [0.25, 0.3) is 0 Å². The Bertz CT molecular complexity index is 848. The number of methoxy groups -OCH3 is 1. The Kier molecular flexibility index (Phi) is 5.44. The number of fused-ring (bicyclic) bond motifs is 1. The largest absolute Gasteiger partial charge is 0.497 e. The molecule has 5 heteroatoms. The van der Waals surface area contributed by atoms with Crippen molar-refractivity contribution in [2.45, 2.75) is 31.5 Å². The van der Waals surface area contributed by atoms with E-state index in [4.69, 9.17) is 4.74 Å². The molecule has 28 heavy (non-hydrogen) atoms. The van der Waals surface area contributed by atoms with Crippen LogP contribution in [0.5, 0.6) is 5.75 Å². The summed E-state index contributed by atoms with van der Waals surface area (Å²) in [6, 6.07) is 14.0. The van der Waals surface area contributed by atoms with Crippen molar-refractivity contribution in [2.24, 2.45) is 0 Å². The Labute approximate surface area is 165 Å². The van der Waals surface area contributed by atoms with E-state index in [0.717, 1.165) is 42.8 Å². The van der Waals surface area contributed by atoms with Crippen molar-refractivity contribution in [3.63, 3.8) is 0 Å². The molecule has 146 valence electrons. The predicted molar refractivity (Wildman–Crippen MR) is 106 cm³/mol. The van der Waals surface area contributed by atoms with E-state index in [1.165, 1.54) is 12.1 Å². The number of hydrogen-bond acceptors (Lipinski definition) is 3. The minimum atomic E-state index is -0.267. The van der Waals surface area contributed by atoms with Gasteiger partial charge in [-0.3, -0.25) is 9.69 Å². The summed E-state index contributed by atoms with van der Waals surface area (Å²) in [6.07, 6.45) is 6.21. The van der Waals surface area contributed by atoms with E-state index in [1.54, 1.807) is 19.2 Å². The van der Waals surface area contributed by atoms with Crippen molar-refractivity contribution in [3.05, 3.63) is 77.6 Å². The molecule has 1 fully saturated rings. The van der Waals surface area contributed by atoms with Crippen molar-refractivity contribution in [2.75, 3.05) is 20.2 Å². The van der Waals surface area contributed by atoms with Gasteiger partial charge < -0.3 is 9.64 Å². The van der Waals surface area contributed by atoms with Crippen molar-refractivity contribution < 1.29 is 13.9 Å². The highest BCUT2D eigenvalue weighted by Gasteiger charge is 2.37. The number of rotatable bonds is 4. The van der Waals surface area contributed by atoms with E-state index >= 15 is 0 Å². The highest BCUT2D eigenvalue weighted by Crippen LogP contribution is 2.31. The first-order chi connectivity index (χ1) is 13.7. The molecule has 2 heterocycles. The molecule has 0 saturated carbocycles. The average molecular weight is 380 g/mol. The van der Waals surface area contributed by atoms with E-state index in [-0.39, 0.29) is 23.8 Å². The van der Waals surface area contributed by atoms with Crippen molar-refractivity contribution >= 4 is 5.91 Å². The van der Waals surface area contributed by atoms with Crippen LogP contribution in [-0.2, 0) is 11.3 Å². The predicted octanol–water partition coefficient (Wildman–Crippen LogP) is 3.94. The van der Waals surface area contributed by atoms with Crippen LogP contribution in [0.2, 0.25) is 0 Å². The number of ether oxygens (including phenoxy) is 1. The summed E-state index contributed by atoms with van der Waals surface area (Å²) in [7, 11) is 1.64. The van der Waals surface area contributed by atoms with Gasteiger partial charge in [-0.2, -0.15) is 0 Å². The summed E-state index contributed by atoms with van der Waals surface area (Å²) < 4.78 is 18.6. The molecule has 0 bridgehead atoms. The number of carbonyl (C=O) groups is 1. The Balaban J connectivity index is 1.70. The lowest BCUT2D eigenvalue weighted by atomic mass is 10.00. The lowest BCUT2D eigenvalue weighted by Gasteiger charge is -2.36. The molecule has 2 aliphatic heterocycles. The van der Waals surface area contributed by atoms with Gasteiger partial charge in [-0.25, -0.2) is 4.39 Å². The Hall–Kier alpha value is -2.66. The molecule has 0 spiro atoms. The summed E-state index contributed by atoms with van der Waals surface area (Å²) in [5.41, 5.74) is 1.96. The molecule has 2 aliphatic rings. The minimum Gasteiger partial charge on any atom is -0.497 e. The second-order valence-electron chi connectivity index (χ2n) is 7.39. The van der Waals surface area contributed by atoms with Crippen LogP contribution in [0.25, 0.3) is 0 Å². The van der Waals surface area contributed by atoms with Crippen molar-refractivity contribution in [1.29, 1.82) is 0 Å². The van der Waals surface area contributed by atoms with Crippen LogP contribution >= 0.6 is 0 Å². The zero-order valence-electron chi connectivity index (χ0n) is 16.1. The molecule has 2 aromatic carbocycles. The van der Waals surface area contributed by atoms with Gasteiger partial charge in [0.15, 0.2) is 0 Å². The van der Waals surface area contributed by atoms with E-state index in [2.05, 4.69) is 17.1 Å². The van der Waals surface area contributed by atoms with E-state index in [0.29, 0.717) is 6.54 Å². The monoisotopic (exact) mass is 380 g/mol. The average Bonchev–Trinajstić information content (AvgIpc) is 3.18. The van der Waals surface area contributed by atoms with Crippen molar-refractivity contribution in [1.82, 2.24) is 9.80 Å². The highest BCUT2D eigenvalue weighted by molar-refractivity contribution is 5.83. The lowest BCUT2D eigenvalue weighted by molar-refractivity contribution is -0.138. The molecule has 0 unspecified atom stereocenters. The number of benzene rings is 2. The Morgan fingerprint density at radius 2 is 1.86 bits per heavy atom. The fraction of sp³-hybridized carbons (Fsp3) is 0.348. The SMILES string of the molecule is COc1ccc([C@H]2/C=C\CN3CCC[C@H]3C(=O)N2Cc2ccc(F)cc2)cc1. The molecule has 0 radical (unpaired) electrons. The second kappa shape index (κ2) is 8.15. The lowest BCUT2D eigenvalue weighted by Crippen LogP contribution is -2.47. The molecular formula is C23H25FN2O2. The first-order valence-corrected chi connectivity index (χ1v) is 9.75. The zero-order valence-corrected chi connectivity index (χ0v) is 16.1. The smallest absolute Gasteiger partial charge is 0.241 e. The quantitative estimate of drug-likeness (QED) is 0.754. The molecule has 4 nitrogen and oxygen atoms in total. The summed E-state index contributed by atoms with van der Waals surface area (Å²) in [6.45, 7) is 2.20. The molecule has 2 atom stereocenters. The molecule has 0 aliphatic carbocycles. The first kappa shape index (κ1) is 18.7. The van der Waals surface area contributed by atoms with Gasteiger partial charge in [-0.05, 0) is 54.8 Å². The maximum atomic E-state index is 13.5. The van der Waals surface area contributed by atoms with Crippen LogP contribution < -0.4 is 4.74 Å². The highest BCUT2D eigenvalue weighted by atomic mass is 19.1. The van der Waals surface area contributed by atoms with Crippen molar-refractivity contribution in [3.8, 4) is 5.75 Å². The van der Waals surface area contributed by atoms with Crippen LogP contribution in [0.4, 0.5) is 4.39 Å². The molecular weight excluding hydrogens is 355 g/mol. The maximum absolute atomic E-state index is 13.5. The third kappa shape index (κ3) is 3.80. The summed E-state index contributed by atoms with van der Waals surface area (Å²) >= 11 is 0.